The van der Waals surface area contributed by atoms with Crippen molar-refractivity contribution in [2.45, 2.75) is 20.3 Å². The highest BCUT2D eigenvalue weighted by atomic mass is 16.2. The van der Waals surface area contributed by atoms with Crippen molar-refractivity contribution in [2.75, 3.05) is 11.4 Å². The SMILES string of the molecule is CC1(C)Cc2ccccc2N(C(=O)c2ccc3n[nH]c(=O)n3c2)C1. The molecule has 3 aromatic rings. The Morgan fingerprint density at radius 1 is 1.21 bits per heavy atom. The first-order valence-corrected chi connectivity index (χ1v) is 7.91. The summed E-state index contributed by atoms with van der Waals surface area (Å²) < 4.78 is 1.36. The topological polar surface area (TPSA) is 70.5 Å². The molecule has 1 aliphatic heterocycles. The number of pyridine rings is 1. The van der Waals surface area contributed by atoms with Gasteiger partial charge < -0.3 is 4.90 Å². The lowest BCUT2D eigenvalue weighted by atomic mass is 9.81. The Labute approximate surface area is 138 Å². The summed E-state index contributed by atoms with van der Waals surface area (Å²) in [5, 5.41) is 6.27. The van der Waals surface area contributed by atoms with Gasteiger partial charge in [0.25, 0.3) is 5.91 Å². The van der Waals surface area contributed by atoms with Gasteiger partial charge >= 0.3 is 5.69 Å². The molecule has 0 spiro atoms. The molecular weight excluding hydrogens is 304 g/mol. The van der Waals surface area contributed by atoms with Crippen LogP contribution in [0.15, 0.2) is 47.4 Å². The first-order chi connectivity index (χ1) is 11.4. The van der Waals surface area contributed by atoms with Crippen molar-refractivity contribution in [1.82, 2.24) is 14.6 Å². The first-order valence-electron chi connectivity index (χ1n) is 7.91. The quantitative estimate of drug-likeness (QED) is 0.747. The van der Waals surface area contributed by atoms with Crippen molar-refractivity contribution in [2.24, 2.45) is 5.41 Å². The van der Waals surface area contributed by atoms with Crippen LogP contribution in [0.4, 0.5) is 5.69 Å². The third-order valence-corrected chi connectivity index (χ3v) is 4.44. The molecule has 0 fully saturated rings. The van der Waals surface area contributed by atoms with Crippen LogP contribution < -0.4 is 10.6 Å². The standard InChI is InChI=1S/C18H18N4O2/c1-18(2)9-12-5-3-4-6-14(12)22(11-18)16(23)13-7-8-15-19-20-17(24)21(15)10-13/h3-8,10H,9,11H2,1-2H3,(H,20,24). The Balaban J connectivity index is 1.80. The normalized spacial score (nSPS) is 16.2. The van der Waals surface area contributed by atoms with E-state index < -0.39 is 0 Å². The molecule has 24 heavy (non-hydrogen) atoms. The van der Waals surface area contributed by atoms with Crippen molar-refractivity contribution in [3.05, 3.63) is 64.2 Å². The number of H-pyrrole nitrogens is 1. The number of nitrogens with zero attached hydrogens (tertiary/aromatic N) is 3. The Morgan fingerprint density at radius 3 is 2.83 bits per heavy atom. The molecule has 1 N–H and O–H groups in total. The van der Waals surface area contributed by atoms with Crippen LogP contribution in [0.3, 0.4) is 0 Å². The van der Waals surface area contributed by atoms with Crippen LogP contribution in [-0.2, 0) is 6.42 Å². The van der Waals surface area contributed by atoms with Crippen molar-refractivity contribution < 1.29 is 4.79 Å². The summed E-state index contributed by atoms with van der Waals surface area (Å²) in [6, 6.07) is 11.4. The molecule has 0 atom stereocenters. The summed E-state index contributed by atoms with van der Waals surface area (Å²) in [6.07, 6.45) is 2.49. The molecule has 6 nitrogen and oxygen atoms in total. The minimum absolute atomic E-state index is 0.000588. The maximum atomic E-state index is 13.1. The number of para-hydroxylation sites is 1. The minimum Gasteiger partial charge on any atom is -0.307 e. The zero-order chi connectivity index (χ0) is 16.9. The highest BCUT2D eigenvalue weighted by Gasteiger charge is 2.33. The number of hydrogen-bond acceptors (Lipinski definition) is 3. The van der Waals surface area contributed by atoms with E-state index in [4.69, 9.17) is 0 Å². The summed E-state index contributed by atoms with van der Waals surface area (Å²) in [7, 11) is 0. The number of nitrogens with one attached hydrogen (secondary N) is 1. The third kappa shape index (κ3) is 2.31. The fraction of sp³-hybridized carbons (Fsp3) is 0.278. The Morgan fingerprint density at radius 2 is 2.00 bits per heavy atom. The minimum atomic E-state index is -0.348. The lowest BCUT2D eigenvalue weighted by Crippen LogP contribution is -2.44. The number of carbonyl (C=O) groups excluding carboxylic acids is 1. The number of aromatic nitrogens is 3. The monoisotopic (exact) mass is 322 g/mol. The van der Waals surface area contributed by atoms with Gasteiger partial charge in [0.15, 0.2) is 5.65 Å². The number of rotatable bonds is 1. The summed E-state index contributed by atoms with van der Waals surface area (Å²) >= 11 is 0. The molecule has 6 heteroatoms. The van der Waals surface area contributed by atoms with Crippen LogP contribution >= 0.6 is 0 Å². The van der Waals surface area contributed by atoms with Gasteiger partial charge in [-0.2, -0.15) is 5.10 Å². The van der Waals surface area contributed by atoms with E-state index >= 15 is 0 Å². The number of amides is 1. The van der Waals surface area contributed by atoms with E-state index in [0.717, 1.165) is 12.1 Å². The lowest BCUT2D eigenvalue weighted by molar-refractivity contribution is 0.0971. The molecule has 0 aliphatic carbocycles. The average Bonchev–Trinajstić information content (AvgIpc) is 2.93. The summed E-state index contributed by atoms with van der Waals surface area (Å²) in [5.41, 5.74) is 2.74. The van der Waals surface area contributed by atoms with Crippen LogP contribution in [0.2, 0.25) is 0 Å². The number of carbonyl (C=O) groups is 1. The molecule has 0 unspecified atom stereocenters. The van der Waals surface area contributed by atoms with E-state index in [1.165, 1.54) is 9.96 Å². The van der Waals surface area contributed by atoms with Gasteiger partial charge in [0, 0.05) is 18.4 Å². The van der Waals surface area contributed by atoms with Gasteiger partial charge in [-0.25, -0.2) is 14.3 Å². The summed E-state index contributed by atoms with van der Waals surface area (Å²) in [5.74, 6) is -0.106. The largest absolute Gasteiger partial charge is 0.347 e. The van der Waals surface area contributed by atoms with E-state index in [2.05, 4.69) is 30.1 Å². The molecule has 1 amide bonds. The number of benzene rings is 1. The molecule has 4 rings (SSSR count). The van der Waals surface area contributed by atoms with E-state index in [-0.39, 0.29) is 17.0 Å². The fourth-order valence-electron chi connectivity index (χ4n) is 3.38. The lowest BCUT2D eigenvalue weighted by Gasteiger charge is -2.39. The molecule has 1 aromatic carbocycles. The molecular formula is C18H18N4O2. The van der Waals surface area contributed by atoms with Gasteiger partial charge in [0.2, 0.25) is 0 Å². The molecule has 1 aliphatic rings. The van der Waals surface area contributed by atoms with E-state index in [9.17, 15) is 9.59 Å². The zero-order valence-corrected chi connectivity index (χ0v) is 13.6. The molecule has 0 bridgehead atoms. The van der Waals surface area contributed by atoms with Gasteiger partial charge in [0.1, 0.15) is 0 Å². The number of hydrogen-bond donors (Lipinski definition) is 1. The van der Waals surface area contributed by atoms with Gasteiger partial charge in [-0.15, -0.1) is 0 Å². The van der Waals surface area contributed by atoms with E-state index in [1.807, 2.05) is 23.1 Å². The van der Waals surface area contributed by atoms with Gasteiger partial charge in [-0.3, -0.25) is 4.79 Å². The van der Waals surface area contributed by atoms with Gasteiger partial charge in [-0.1, -0.05) is 32.0 Å². The maximum absolute atomic E-state index is 13.1. The second-order valence-corrected chi connectivity index (χ2v) is 7.04. The third-order valence-electron chi connectivity index (χ3n) is 4.44. The van der Waals surface area contributed by atoms with E-state index in [1.54, 1.807) is 18.3 Å². The Hall–Kier alpha value is -2.89. The van der Waals surface area contributed by atoms with Crippen LogP contribution in [0.5, 0.6) is 0 Å². The Kier molecular flexibility index (Phi) is 3.09. The van der Waals surface area contributed by atoms with Crippen LogP contribution in [0, 0.1) is 5.41 Å². The van der Waals surface area contributed by atoms with Gasteiger partial charge in [-0.05, 0) is 35.6 Å². The smallest absolute Gasteiger partial charge is 0.307 e. The summed E-state index contributed by atoms with van der Waals surface area (Å²) in [4.78, 5) is 26.7. The van der Waals surface area contributed by atoms with Crippen molar-refractivity contribution >= 4 is 17.2 Å². The molecule has 0 saturated carbocycles. The average molecular weight is 322 g/mol. The second-order valence-electron chi connectivity index (χ2n) is 7.04. The van der Waals surface area contributed by atoms with Crippen LogP contribution in [0.1, 0.15) is 29.8 Å². The van der Waals surface area contributed by atoms with Crippen LogP contribution in [0.25, 0.3) is 5.65 Å². The van der Waals surface area contributed by atoms with Crippen molar-refractivity contribution in [3.8, 4) is 0 Å². The van der Waals surface area contributed by atoms with Crippen LogP contribution in [-0.4, -0.2) is 27.0 Å². The highest BCUT2D eigenvalue weighted by Crippen LogP contribution is 2.36. The van der Waals surface area contributed by atoms with Gasteiger partial charge in [0.05, 0.1) is 5.56 Å². The summed E-state index contributed by atoms with van der Waals surface area (Å²) in [6.45, 7) is 4.96. The number of aromatic amines is 1. The fourth-order valence-corrected chi connectivity index (χ4v) is 3.38. The zero-order valence-electron chi connectivity index (χ0n) is 13.6. The van der Waals surface area contributed by atoms with Crippen molar-refractivity contribution in [3.63, 3.8) is 0 Å². The highest BCUT2D eigenvalue weighted by molar-refractivity contribution is 6.06. The van der Waals surface area contributed by atoms with E-state index in [0.29, 0.717) is 17.8 Å². The van der Waals surface area contributed by atoms with Crippen molar-refractivity contribution in [1.29, 1.82) is 0 Å². The first kappa shape index (κ1) is 14.7. The molecule has 3 heterocycles. The number of fused-ring (bicyclic) bond motifs is 2. The molecule has 122 valence electrons. The predicted octanol–water partition coefficient (Wildman–Crippen LogP) is 2.25. The predicted molar refractivity (Wildman–Crippen MR) is 91.4 cm³/mol. The molecule has 0 saturated heterocycles. The second kappa shape index (κ2) is 5.06. The number of anilines is 1. The molecule has 2 aromatic heterocycles. The maximum Gasteiger partial charge on any atom is 0.347 e. The molecule has 0 radical (unpaired) electrons. The Bertz CT molecular complexity index is 999.